The van der Waals surface area contributed by atoms with Crippen LogP contribution < -0.4 is 5.73 Å². The van der Waals surface area contributed by atoms with Crippen molar-refractivity contribution in [1.29, 1.82) is 0 Å². The summed E-state index contributed by atoms with van der Waals surface area (Å²) in [5, 5.41) is -0.00452. The second-order valence-corrected chi connectivity index (χ2v) is 4.63. The third kappa shape index (κ3) is 3.28. The predicted octanol–water partition coefficient (Wildman–Crippen LogP) is 4.00. The summed E-state index contributed by atoms with van der Waals surface area (Å²) in [4.78, 5) is 0. The highest BCUT2D eigenvalue weighted by molar-refractivity contribution is 6.30. The maximum atomic E-state index is 13.7. The molecule has 0 radical (unpaired) electrons. The average Bonchev–Trinajstić information content (AvgIpc) is 2.33. The molecule has 0 bridgehead atoms. The van der Waals surface area contributed by atoms with Crippen LogP contribution in [0.4, 0.5) is 13.2 Å². The van der Waals surface area contributed by atoms with Gasteiger partial charge in [0.25, 0.3) is 0 Å². The predicted molar refractivity (Wildman–Crippen MR) is 68.4 cm³/mol. The van der Waals surface area contributed by atoms with E-state index >= 15 is 0 Å². The smallest absolute Gasteiger partial charge is 0.145 e. The van der Waals surface area contributed by atoms with Crippen LogP contribution >= 0.6 is 11.6 Å². The van der Waals surface area contributed by atoms with Crippen LogP contribution in [-0.2, 0) is 6.42 Å². The Morgan fingerprint density at radius 3 is 2.32 bits per heavy atom. The zero-order valence-corrected chi connectivity index (χ0v) is 10.6. The molecule has 0 aliphatic rings. The molecule has 0 heterocycles. The highest BCUT2D eigenvalue weighted by atomic mass is 35.5. The molecular weight excluding hydrogens is 275 g/mol. The van der Waals surface area contributed by atoms with Crippen molar-refractivity contribution in [1.82, 2.24) is 0 Å². The van der Waals surface area contributed by atoms with Gasteiger partial charge in [0, 0.05) is 12.1 Å². The summed E-state index contributed by atoms with van der Waals surface area (Å²) in [6.07, 6.45) is 0.106. The Balaban J connectivity index is 2.25. The third-order valence-electron chi connectivity index (χ3n) is 2.78. The number of nitrogens with two attached hydrogens (primary N) is 1. The van der Waals surface area contributed by atoms with Crippen LogP contribution in [0.25, 0.3) is 0 Å². The van der Waals surface area contributed by atoms with Crippen LogP contribution in [0.15, 0.2) is 36.4 Å². The van der Waals surface area contributed by atoms with Gasteiger partial charge in [-0.15, -0.1) is 0 Å². The fourth-order valence-electron chi connectivity index (χ4n) is 1.85. The van der Waals surface area contributed by atoms with Gasteiger partial charge in [0.05, 0.1) is 5.02 Å². The Kier molecular flexibility index (Phi) is 4.12. The maximum absolute atomic E-state index is 13.7. The molecule has 2 aromatic rings. The first kappa shape index (κ1) is 13.9. The Morgan fingerprint density at radius 1 is 1.05 bits per heavy atom. The van der Waals surface area contributed by atoms with Crippen molar-refractivity contribution < 1.29 is 13.2 Å². The molecule has 0 spiro atoms. The maximum Gasteiger partial charge on any atom is 0.145 e. The average molecular weight is 286 g/mol. The van der Waals surface area contributed by atoms with E-state index in [2.05, 4.69) is 0 Å². The topological polar surface area (TPSA) is 26.0 Å². The van der Waals surface area contributed by atoms with E-state index in [9.17, 15) is 13.2 Å². The van der Waals surface area contributed by atoms with Gasteiger partial charge in [0.1, 0.15) is 17.5 Å². The van der Waals surface area contributed by atoms with E-state index < -0.39 is 23.5 Å². The molecule has 0 amide bonds. The zero-order valence-electron chi connectivity index (χ0n) is 9.84. The SMILES string of the molecule is NC(Cc1cccc(Cl)c1F)c1cc(F)cc(F)c1. The van der Waals surface area contributed by atoms with E-state index in [1.54, 1.807) is 6.07 Å². The quantitative estimate of drug-likeness (QED) is 0.906. The van der Waals surface area contributed by atoms with Crippen molar-refractivity contribution in [3.8, 4) is 0 Å². The van der Waals surface area contributed by atoms with Crippen LogP contribution in [0.2, 0.25) is 5.02 Å². The number of rotatable bonds is 3. The van der Waals surface area contributed by atoms with Crippen molar-refractivity contribution in [2.75, 3.05) is 0 Å². The standard InChI is InChI=1S/C14H11ClF3N/c15-12-3-1-2-8(14(12)18)6-13(19)9-4-10(16)7-11(17)5-9/h1-5,7,13H,6,19H2. The van der Waals surface area contributed by atoms with E-state index in [1.165, 1.54) is 12.1 Å². The summed E-state index contributed by atoms with van der Waals surface area (Å²) in [5.74, 6) is -1.98. The van der Waals surface area contributed by atoms with Crippen molar-refractivity contribution in [3.05, 3.63) is 70.0 Å². The van der Waals surface area contributed by atoms with Gasteiger partial charge >= 0.3 is 0 Å². The van der Waals surface area contributed by atoms with E-state index in [4.69, 9.17) is 17.3 Å². The molecule has 2 N–H and O–H groups in total. The van der Waals surface area contributed by atoms with Gasteiger partial charge < -0.3 is 5.73 Å². The van der Waals surface area contributed by atoms with Gasteiger partial charge in [-0.05, 0) is 35.7 Å². The van der Waals surface area contributed by atoms with Crippen molar-refractivity contribution in [3.63, 3.8) is 0 Å². The first-order valence-corrected chi connectivity index (χ1v) is 5.99. The summed E-state index contributed by atoms with van der Waals surface area (Å²) >= 11 is 5.66. The lowest BCUT2D eigenvalue weighted by Gasteiger charge is -2.13. The molecule has 100 valence electrons. The molecule has 1 atom stereocenters. The third-order valence-corrected chi connectivity index (χ3v) is 3.08. The summed E-state index contributed by atoms with van der Waals surface area (Å²) < 4.78 is 39.9. The molecular formula is C14H11ClF3N. The summed E-state index contributed by atoms with van der Waals surface area (Å²) in [6, 6.07) is 6.88. The minimum atomic E-state index is -0.711. The van der Waals surface area contributed by atoms with Crippen molar-refractivity contribution >= 4 is 11.6 Å². The molecule has 2 aromatic carbocycles. The van der Waals surface area contributed by atoms with Crippen LogP contribution in [0, 0.1) is 17.5 Å². The Bertz CT molecular complexity index is 581. The normalized spacial score (nSPS) is 12.5. The first-order chi connectivity index (χ1) is 8.97. The fourth-order valence-corrected chi connectivity index (χ4v) is 2.04. The minimum Gasteiger partial charge on any atom is -0.324 e. The highest BCUT2D eigenvalue weighted by Gasteiger charge is 2.14. The highest BCUT2D eigenvalue weighted by Crippen LogP contribution is 2.23. The van der Waals surface area contributed by atoms with Crippen LogP contribution in [0.5, 0.6) is 0 Å². The fraction of sp³-hybridized carbons (Fsp3) is 0.143. The number of halogens is 4. The number of benzene rings is 2. The lowest BCUT2D eigenvalue weighted by atomic mass is 9.99. The Hall–Kier alpha value is -1.52. The van der Waals surface area contributed by atoms with Crippen molar-refractivity contribution in [2.24, 2.45) is 5.73 Å². The largest absolute Gasteiger partial charge is 0.324 e. The molecule has 1 unspecified atom stereocenters. The van der Waals surface area contributed by atoms with Crippen molar-refractivity contribution in [2.45, 2.75) is 12.5 Å². The molecule has 19 heavy (non-hydrogen) atoms. The Morgan fingerprint density at radius 2 is 1.68 bits per heavy atom. The Labute approximate surface area is 113 Å². The number of hydrogen-bond acceptors (Lipinski definition) is 1. The second-order valence-electron chi connectivity index (χ2n) is 4.23. The first-order valence-electron chi connectivity index (χ1n) is 5.62. The van der Waals surface area contributed by atoms with Crippen LogP contribution in [0.3, 0.4) is 0 Å². The molecule has 1 nitrogen and oxygen atoms in total. The van der Waals surface area contributed by atoms with Gasteiger partial charge in [-0.3, -0.25) is 0 Å². The second kappa shape index (κ2) is 5.63. The summed E-state index contributed by atoms with van der Waals surface area (Å²) in [7, 11) is 0. The minimum absolute atomic E-state index is 0.00452. The molecule has 0 aliphatic heterocycles. The van der Waals surface area contributed by atoms with E-state index in [-0.39, 0.29) is 17.0 Å². The van der Waals surface area contributed by atoms with Gasteiger partial charge in [0.2, 0.25) is 0 Å². The lowest BCUT2D eigenvalue weighted by Crippen LogP contribution is -2.14. The van der Waals surface area contributed by atoms with Crippen LogP contribution in [0.1, 0.15) is 17.2 Å². The molecule has 0 aliphatic carbocycles. The molecule has 0 saturated carbocycles. The van der Waals surface area contributed by atoms with Gasteiger partial charge in [-0.2, -0.15) is 0 Å². The van der Waals surface area contributed by atoms with E-state index in [0.717, 1.165) is 18.2 Å². The lowest BCUT2D eigenvalue weighted by molar-refractivity contribution is 0.567. The monoisotopic (exact) mass is 285 g/mol. The summed E-state index contributed by atoms with van der Waals surface area (Å²) in [6.45, 7) is 0. The van der Waals surface area contributed by atoms with Crippen LogP contribution in [-0.4, -0.2) is 0 Å². The molecule has 0 fully saturated rings. The van der Waals surface area contributed by atoms with E-state index in [0.29, 0.717) is 5.56 Å². The number of hydrogen-bond donors (Lipinski definition) is 1. The molecule has 2 rings (SSSR count). The molecule has 0 saturated heterocycles. The zero-order chi connectivity index (χ0) is 14.0. The van der Waals surface area contributed by atoms with Gasteiger partial charge in [0.15, 0.2) is 0 Å². The van der Waals surface area contributed by atoms with Gasteiger partial charge in [-0.1, -0.05) is 23.7 Å². The molecule has 5 heteroatoms. The van der Waals surface area contributed by atoms with Gasteiger partial charge in [-0.25, -0.2) is 13.2 Å². The molecule has 0 aromatic heterocycles. The van der Waals surface area contributed by atoms with E-state index in [1.807, 2.05) is 0 Å². The summed E-state index contributed by atoms with van der Waals surface area (Å²) in [5.41, 5.74) is 6.43.